The Hall–Kier alpha value is -1.64. The Morgan fingerprint density at radius 2 is 1.90 bits per heavy atom. The summed E-state index contributed by atoms with van der Waals surface area (Å²) < 4.78 is 11.0. The van der Waals surface area contributed by atoms with Gasteiger partial charge in [0, 0.05) is 26.1 Å². The zero-order valence-corrected chi connectivity index (χ0v) is 19.4. The topological polar surface area (TPSA) is 68.3 Å². The Bertz CT molecular complexity index is 676. The number of nitrogens with zero attached hydrogens (tertiary/aromatic N) is 2. The molecule has 0 N–H and O–H groups in total. The van der Waals surface area contributed by atoms with Crippen molar-refractivity contribution in [3.63, 3.8) is 0 Å². The first-order chi connectivity index (χ1) is 13.2. The Labute approximate surface area is 191 Å². The van der Waals surface area contributed by atoms with Crippen LogP contribution in [0, 0.1) is 12.8 Å². The third-order valence-electron chi connectivity index (χ3n) is 4.34. The molecule has 1 fully saturated rings. The van der Waals surface area contributed by atoms with E-state index >= 15 is 0 Å². The van der Waals surface area contributed by atoms with Gasteiger partial charge < -0.3 is 15.8 Å². The minimum absolute atomic E-state index is 0. The van der Waals surface area contributed by atoms with E-state index in [-0.39, 0.29) is 49.0 Å². The maximum atomic E-state index is 12.5. The first kappa shape index (κ1) is 25.4. The van der Waals surface area contributed by atoms with E-state index in [2.05, 4.69) is 6.92 Å². The fourth-order valence-corrected chi connectivity index (χ4v) is 2.93. The van der Waals surface area contributed by atoms with Gasteiger partial charge >= 0.3 is 29.1 Å². The quantitative estimate of drug-likeness (QED) is 0.308. The van der Waals surface area contributed by atoms with E-state index in [1.807, 2.05) is 45.0 Å². The molecule has 7 nitrogen and oxygen atoms in total. The van der Waals surface area contributed by atoms with Crippen LogP contribution in [-0.2, 0) is 14.4 Å². The van der Waals surface area contributed by atoms with E-state index in [0.717, 1.165) is 11.3 Å². The maximum absolute atomic E-state index is 12.5. The van der Waals surface area contributed by atoms with Gasteiger partial charge in [-0.15, -0.1) is 12.1 Å². The number of carbonyl (C=O) groups excluding carboxylic acids is 2. The molecular weight excluding hydrogens is 385 g/mol. The zero-order valence-electron chi connectivity index (χ0n) is 19.0. The molecular formula is C21H32MgN2O5. The average Bonchev–Trinajstić information content (AvgIpc) is 2.63. The molecule has 1 saturated heterocycles. The van der Waals surface area contributed by atoms with Gasteiger partial charge in [0.25, 0.3) is 0 Å². The van der Waals surface area contributed by atoms with E-state index in [4.69, 9.17) is 14.3 Å². The molecule has 1 heterocycles. The number of hydrogen-bond acceptors (Lipinski definition) is 5. The van der Waals surface area contributed by atoms with Gasteiger partial charge in [-0.3, -0.25) is 9.63 Å². The molecule has 0 saturated carbocycles. The number of hydroxylamine groups is 2. The molecule has 0 radical (unpaired) electrons. The first-order valence-electron chi connectivity index (χ1n) is 9.59. The Morgan fingerprint density at radius 3 is 2.48 bits per heavy atom. The number of ether oxygens (including phenoxy) is 2. The molecule has 29 heavy (non-hydrogen) atoms. The van der Waals surface area contributed by atoms with Crippen molar-refractivity contribution in [2.24, 2.45) is 5.92 Å². The summed E-state index contributed by atoms with van der Waals surface area (Å²) >= 11 is 0. The van der Waals surface area contributed by atoms with Crippen molar-refractivity contribution in [3.05, 3.63) is 36.8 Å². The van der Waals surface area contributed by atoms with Gasteiger partial charge in [-0.1, -0.05) is 0 Å². The third kappa shape index (κ3) is 8.72. The molecule has 8 heteroatoms. The van der Waals surface area contributed by atoms with Crippen LogP contribution >= 0.6 is 0 Å². The predicted molar refractivity (Wildman–Crippen MR) is 113 cm³/mol. The Balaban J connectivity index is 0.00000420. The second-order valence-corrected chi connectivity index (χ2v) is 7.91. The van der Waals surface area contributed by atoms with Gasteiger partial charge in [-0.2, -0.15) is 18.6 Å². The summed E-state index contributed by atoms with van der Waals surface area (Å²) in [4.78, 5) is 31.8. The van der Waals surface area contributed by atoms with Crippen molar-refractivity contribution >= 4 is 35.1 Å². The molecule has 1 aliphatic rings. The van der Waals surface area contributed by atoms with E-state index in [0.29, 0.717) is 32.5 Å². The third-order valence-corrected chi connectivity index (χ3v) is 4.34. The van der Waals surface area contributed by atoms with Crippen molar-refractivity contribution in [2.45, 2.75) is 39.2 Å². The van der Waals surface area contributed by atoms with Crippen LogP contribution in [0.1, 0.15) is 40.6 Å². The summed E-state index contributed by atoms with van der Waals surface area (Å²) in [5.74, 6) is 0.482. The second-order valence-electron chi connectivity index (χ2n) is 7.91. The van der Waals surface area contributed by atoms with Gasteiger partial charge in [0.1, 0.15) is 18.8 Å². The largest absolute Gasteiger partial charge is 2.00 e. The standard InChI is InChI=1S/C21H31N2O5.Mg.H/c1-16-7-6-8-18(15-16)26-13-14-27-22(5)19(24)17-9-11-23(12-10-17)20(25)28-21(2,3)4;;/h6-8,15,17H,1,9-14H2,2-5H3;;/q-1;+2;-1. The number of piperidine rings is 1. The molecule has 1 aromatic carbocycles. The number of benzene rings is 1. The van der Waals surface area contributed by atoms with Gasteiger partial charge in [-0.25, -0.2) is 9.86 Å². The van der Waals surface area contributed by atoms with Crippen LogP contribution in [0.25, 0.3) is 0 Å². The zero-order chi connectivity index (χ0) is 20.7. The Morgan fingerprint density at radius 1 is 1.24 bits per heavy atom. The summed E-state index contributed by atoms with van der Waals surface area (Å²) in [5.41, 5.74) is 0.359. The van der Waals surface area contributed by atoms with Crippen LogP contribution in [0.5, 0.6) is 5.75 Å². The SMILES string of the molecule is [CH2-]c1cccc(OCCON(C)C(=O)C2CCN(C(=O)OC(C)(C)C)CC2)c1.[H-].[Mg+2]. The smallest absolute Gasteiger partial charge is 1.00 e. The number of likely N-dealkylation sites (tertiary alicyclic amines) is 1. The van der Waals surface area contributed by atoms with E-state index in [1.54, 1.807) is 11.9 Å². The van der Waals surface area contributed by atoms with Crippen LogP contribution in [0.4, 0.5) is 4.79 Å². The second kappa shape index (κ2) is 11.5. The van der Waals surface area contributed by atoms with Crippen molar-refractivity contribution in [3.8, 4) is 5.75 Å². The molecule has 158 valence electrons. The molecule has 0 unspecified atom stereocenters. The molecule has 0 atom stereocenters. The molecule has 1 aromatic rings. The molecule has 0 bridgehead atoms. The summed E-state index contributed by atoms with van der Waals surface area (Å²) in [7, 11) is 1.61. The monoisotopic (exact) mass is 416 g/mol. The Kier molecular flexibility index (Phi) is 10.1. The minimum Gasteiger partial charge on any atom is -1.00 e. The van der Waals surface area contributed by atoms with Gasteiger partial charge in [0.15, 0.2) is 0 Å². The summed E-state index contributed by atoms with van der Waals surface area (Å²) in [5, 5.41) is 1.27. The van der Waals surface area contributed by atoms with Crippen LogP contribution in [0.2, 0.25) is 0 Å². The number of amides is 2. The van der Waals surface area contributed by atoms with Crippen LogP contribution in [0.3, 0.4) is 0 Å². The van der Waals surface area contributed by atoms with Crippen molar-refractivity contribution < 1.29 is 25.3 Å². The molecule has 2 amide bonds. The number of rotatable bonds is 6. The summed E-state index contributed by atoms with van der Waals surface area (Å²) in [6, 6.07) is 7.46. The molecule has 1 aliphatic heterocycles. The molecule has 2 rings (SSSR count). The summed E-state index contributed by atoms with van der Waals surface area (Å²) in [6.07, 6.45) is 0.864. The van der Waals surface area contributed by atoms with Crippen molar-refractivity contribution in [1.82, 2.24) is 9.96 Å². The molecule has 0 aromatic heterocycles. The number of carbonyl (C=O) groups is 2. The van der Waals surface area contributed by atoms with Crippen molar-refractivity contribution in [1.29, 1.82) is 0 Å². The van der Waals surface area contributed by atoms with Crippen LogP contribution in [0.15, 0.2) is 24.3 Å². The van der Waals surface area contributed by atoms with Gasteiger partial charge in [0.2, 0.25) is 5.91 Å². The molecule has 0 spiro atoms. The van der Waals surface area contributed by atoms with E-state index < -0.39 is 5.60 Å². The normalized spacial score (nSPS) is 14.7. The minimum atomic E-state index is -0.519. The molecule has 0 aliphatic carbocycles. The van der Waals surface area contributed by atoms with Crippen molar-refractivity contribution in [2.75, 3.05) is 33.4 Å². The van der Waals surface area contributed by atoms with Gasteiger partial charge in [0.05, 0.1) is 5.75 Å². The number of hydrogen-bond donors (Lipinski definition) is 0. The average molecular weight is 417 g/mol. The van der Waals surface area contributed by atoms with Crippen LogP contribution in [-0.4, -0.2) is 84.0 Å². The van der Waals surface area contributed by atoms with Crippen LogP contribution < -0.4 is 4.74 Å². The summed E-state index contributed by atoms with van der Waals surface area (Å²) in [6.45, 7) is 11.0. The van der Waals surface area contributed by atoms with Gasteiger partial charge in [-0.05, 0) is 39.7 Å². The predicted octanol–water partition coefficient (Wildman–Crippen LogP) is 3.02. The maximum Gasteiger partial charge on any atom is 2.00 e. The fraction of sp³-hybridized carbons (Fsp3) is 0.571. The van der Waals surface area contributed by atoms with E-state index in [9.17, 15) is 9.59 Å². The fourth-order valence-electron chi connectivity index (χ4n) is 2.93. The van der Waals surface area contributed by atoms with E-state index in [1.165, 1.54) is 5.06 Å². The first-order valence-corrected chi connectivity index (χ1v) is 9.59.